The molecule has 26 heavy (non-hydrogen) atoms. The van der Waals surface area contributed by atoms with E-state index in [0.717, 1.165) is 0 Å². The molecular formula is C10H2F15N. The summed E-state index contributed by atoms with van der Waals surface area (Å²) < 4.78 is 208. The monoisotopic (exact) mass is 421 g/mol. The molecule has 0 heterocycles. The number of hydrogen-bond donors (Lipinski definition) is 1. The Balaban J connectivity index is 2.71. The molecule has 0 unspecified atom stereocenters. The van der Waals surface area contributed by atoms with Crippen molar-refractivity contribution in [3.8, 4) is 0 Å². The summed E-state index contributed by atoms with van der Waals surface area (Å²) in [4.78, 5) is 0. The first-order valence-corrected chi connectivity index (χ1v) is 6.12. The van der Waals surface area contributed by atoms with Crippen LogP contribution in [0.2, 0.25) is 0 Å². The lowest BCUT2D eigenvalue weighted by Crippen LogP contribution is -3.11. The molecule has 0 aromatic heterocycles. The highest BCUT2D eigenvalue weighted by atomic mass is 19.3. The highest BCUT2D eigenvalue weighted by molar-refractivity contribution is 5.55. The van der Waals surface area contributed by atoms with Gasteiger partial charge in [-0.2, -0.15) is 52.7 Å². The average Bonchev–Trinajstić information content (AvgIpc) is 2.46. The normalized spacial score (nSPS) is 53.5. The summed E-state index contributed by atoms with van der Waals surface area (Å²) in [7, 11) is 0. The average molecular weight is 421 g/mol. The van der Waals surface area contributed by atoms with Gasteiger partial charge in [-0.15, -0.1) is 0 Å². The van der Waals surface area contributed by atoms with Crippen LogP contribution < -0.4 is 5.73 Å². The number of halogens is 15. The Morgan fingerprint density at radius 1 is 0.308 bits per heavy atom. The van der Waals surface area contributed by atoms with Gasteiger partial charge in [0.25, 0.3) is 0 Å². The number of alkyl halides is 15. The summed E-state index contributed by atoms with van der Waals surface area (Å²) in [6.45, 7) is 0. The first kappa shape index (κ1) is 19.7. The second kappa shape index (κ2) is 3.62. The molecule has 4 fully saturated rings. The van der Waals surface area contributed by atoms with Crippen LogP contribution >= 0.6 is 0 Å². The predicted octanol–water partition coefficient (Wildman–Crippen LogP) is 3.66. The van der Waals surface area contributed by atoms with Crippen LogP contribution in [0.5, 0.6) is 0 Å². The Morgan fingerprint density at radius 3 is 0.615 bits per heavy atom. The van der Waals surface area contributed by atoms with Crippen molar-refractivity contribution in [2.45, 2.75) is 58.1 Å². The van der Waals surface area contributed by atoms with Crippen molar-refractivity contribution in [2.24, 2.45) is 5.73 Å². The zero-order valence-electron chi connectivity index (χ0n) is 11.2. The fourth-order valence-corrected chi connectivity index (χ4v) is 3.89. The van der Waals surface area contributed by atoms with E-state index in [4.69, 9.17) is 0 Å². The zero-order chi connectivity index (χ0) is 21.0. The molecule has 2 N–H and O–H groups in total. The maximum atomic E-state index is 14.2. The summed E-state index contributed by atoms with van der Waals surface area (Å²) >= 11 is 0. The third-order valence-corrected chi connectivity index (χ3v) is 5.38. The summed E-state index contributed by atoms with van der Waals surface area (Å²) in [5.41, 5.74) is -25.7. The van der Waals surface area contributed by atoms with Crippen molar-refractivity contribution in [3.05, 3.63) is 0 Å². The minimum atomic E-state index is -7.75. The first-order chi connectivity index (χ1) is 11.0. The standard InChI is InChI=1S/C10H2F15N/c11-1-5(14,15)2(12)7(18,19)3(13,6(1,16)17)10(24,25)4(26,8(1,20)21)9(2,22)23/h26H2. The van der Waals surface area contributed by atoms with E-state index in [1.807, 2.05) is 0 Å². The molecule has 16 heteroatoms. The predicted molar refractivity (Wildman–Crippen MR) is 48.1 cm³/mol. The van der Waals surface area contributed by atoms with Crippen LogP contribution in [-0.2, 0) is 0 Å². The van der Waals surface area contributed by atoms with E-state index in [9.17, 15) is 65.9 Å². The molecule has 0 radical (unpaired) electrons. The number of hydrogen-bond acceptors (Lipinski definition) is 1. The largest absolute Gasteiger partial charge is 0.339 e. The fourth-order valence-electron chi connectivity index (χ4n) is 3.89. The van der Waals surface area contributed by atoms with Gasteiger partial charge in [0.15, 0.2) is 0 Å². The maximum absolute atomic E-state index is 14.2. The Morgan fingerprint density at radius 2 is 0.462 bits per heavy atom. The quantitative estimate of drug-likeness (QED) is 0.594. The SMILES string of the molecule is NC12C(F)(F)C3(F)C(F)(F)C(F)(C1(F)F)C(F)(F)C(F)(C2(F)F)C3(F)F. The van der Waals surface area contributed by atoms with Crippen molar-refractivity contribution in [1.29, 1.82) is 0 Å². The van der Waals surface area contributed by atoms with Gasteiger partial charge in [0.1, 0.15) is 0 Å². The molecule has 0 spiro atoms. The first-order valence-electron chi connectivity index (χ1n) is 6.12. The molecule has 0 atom stereocenters. The van der Waals surface area contributed by atoms with E-state index in [-0.39, 0.29) is 0 Å². The summed E-state index contributed by atoms with van der Waals surface area (Å²) in [6.07, 6.45) is 0. The van der Waals surface area contributed by atoms with E-state index >= 15 is 0 Å². The zero-order valence-corrected chi connectivity index (χ0v) is 11.2. The Kier molecular flexibility index (Phi) is 2.74. The Hall–Kier alpha value is -1.09. The van der Waals surface area contributed by atoms with E-state index in [1.54, 1.807) is 0 Å². The number of rotatable bonds is 0. The van der Waals surface area contributed by atoms with Gasteiger partial charge in [-0.1, -0.05) is 0 Å². The molecule has 1 nitrogen and oxygen atoms in total. The lowest BCUT2D eigenvalue weighted by molar-refractivity contribution is -0.591. The molecule has 4 aliphatic carbocycles. The van der Waals surface area contributed by atoms with Gasteiger partial charge >= 0.3 is 52.5 Å². The molecular weight excluding hydrogens is 419 g/mol. The van der Waals surface area contributed by atoms with Crippen molar-refractivity contribution in [3.63, 3.8) is 0 Å². The van der Waals surface area contributed by atoms with Crippen LogP contribution in [0.1, 0.15) is 0 Å². The van der Waals surface area contributed by atoms with Crippen molar-refractivity contribution < 1.29 is 65.9 Å². The fraction of sp³-hybridized carbons (Fsp3) is 1.00. The second-order valence-corrected chi connectivity index (χ2v) is 6.23. The van der Waals surface area contributed by atoms with E-state index in [0.29, 0.717) is 0 Å². The molecule has 0 aromatic rings. The molecule has 152 valence electrons. The van der Waals surface area contributed by atoms with Gasteiger partial charge in [-0.25, -0.2) is 13.2 Å². The van der Waals surface area contributed by atoms with Gasteiger partial charge in [0.05, 0.1) is 0 Å². The third-order valence-electron chi connectivity index (χ3n) is 5.38. The van der Waals surface area contributed by atoms with Crippen LogP contribution in [0.3, 0.4) is 0 Å². The van der Waals surface area contributed by atoms with Gasteiger partial charge in [0.2, 0.25) is 5.54 Å². The van der Waals surface area contributed by atoms with Gasteiger partial charge in [-0.05, 0) is 0 Å². The summed E-state index contributed by atoms with van der Waals surface area (Å²) in [5.74, 6) is -45.7. The Labute approximate surface area is 131 Å². The van der Waals surface area contributed by atoms with Crippen molar-refractivity contribution in [2.75, 3.05) is 0 Å². The third kappa shape index (κ3) is 0.962. The molecule has 0 aliphatic heterocycles. The van der Waals surface area contributed by atoms with E-state index < -0.39 is 58.1 Å². The molecule has 0 aromatic carbocycles. The van der Waals surface area contributed by atoms with Crippen LogP contribution in [0.4, 0.5) is 65.9 Å². The van der Waals surface area contributed by atoms with Gasteiger partial charge in [-0.3, -0.25) is 0 Å². The lowest BCUT2D eigenvalue weighted by Gasteiger charge is -2.74. The van der Waals surface area contributed by atoms with E-state index in [2.05, 4.69) is 5.73 Å². The van der Waals surface area contributed by atoms with Crippen LogP contribution in [-0.4, -0.2) is 58.1 Å². The lowest BCUT2D eigenvalue weighted by atomic mass is 9.39. The van der Waals surface area contributed by atoms with Crippen LogP contribution in [0.15, 0.2) is 0 Å². The van der Waals surface area contributed by atoms with Crippen molar-refractivity contribution >= 4 is 0 Å². The minimum Gasteiger partial charge on any atom is -0.310 e. The highest BCUT2D eigenvalue weighted by Crippen LogP contribution is 2.87. The smallest absolute Gasteiger partial charge is 0.310 e. The van der Waals surface area contributed by atoms with Gasteiger partial charge < -0.3 is 5.73 Å². The molecule has 4 rings (SSSR count). The maximum Gasteiger partial charge on any atom is 0.339 e. The van der Waals surface area contributed by atoms with E-state index in [1.165, 1.54) is 0 Å². The molecule has 0 saturated heterocycles. The highest BCUT2D eigenvalue weighted by Gasteiger charge is 3.22. The minimum absolute atomic E-state index is 3.80. The molecule has 4 aliphatic rings. The summed E-state index contributed by atoms with van der Waals surface area (Å²) in [5, 5.41) is 0. The topological polar surface area (TPSA) is 26.0 Å². The summed E-state index contributed by atoms with van der Waals surface area (Å²) in [6, 6.07) is 0. The van der Waals surface area contributed by atoms with Crippen LogP contribution in [0.25, 0.3) is 0 Å². The van der Waals surface area contributed by atoms with Crippen LogP contribution in [0, 0.1) is 0 Å². The molecule has 0 amide bonds. The molecule has 4 bridgehead atoms. The molecule has 4 saturated carbocycles. The second-order valence-electron chi connectivity index (χ2n) is 6.23. The number of nitrogens with two attached hydrogens (primary N) is 1. The van der Waals surface area contributed by atoms with Gasteiger partial charge in [0, 0.05) is 0 Å². The van der Waals surface area contributed by atoms with Crippen molar-refractivity contribution in [1.82, 2.24) is 0 Å². The Bertz CT molecular complexity index is 512.